The lowest BCUT2D eigenvalue weighted by Gasteiger charge is -2.23. The van der Waals surface area contributed by atoms with Gasteiger partial charge < -0.3 is 0 Å². The largest absolute Gasteiger partial charge is 0.243 e. The molecule has 4 nitrogen and oxygen atoms in total. The Bertz CT molecular complexity index is 454. The van der Waals surface area contributed by atoms with E-state index >= 15 is 0 Å². The fourth-order valence-electron chi connectivity index (χ4n) is 1.02. The van der Waals surface area contributed by atoms with Gasteiger partial charge in [0.05, 0.1) is 0 Å². The van der Waals surface area contributed by atoms with E-state index in [0.717, 1.165) is 0 Å². The lowest BCUT2D eigenvalue weighted by Crippen LogP contribution is -2.42. The van der Waals surface area contributed by atoms with Crippen molar-refractivity contribution in [2.24, 2.45) is 0 Å². The Morgan fingerprint density at radius 3 is 2.50 bits per heavy atom. The standard InChI is InChI=1S/C10H15ClN2O2S/c1-4-10(2,3)13-16(14,15)8-5-6-9(11)12-7-8/h5-7,13H,4H2,1-3H3. The minimum atomic E-state index is -3.52. The van der Waals surface area contributed by atoms with Crippen molar-refractivity contribution in [1.29, 1.82) is 0 Å². The Labute approximate surface area is 101 Å². The molecule has 0 unspecified atom stereocenters. The third-order valence-corrected chi connectivity index (χ3v) is 4.21. The lowest BCUT2D eigenvalue weighted by atomic mass is 10.0. The van der Waals surface area contributed by atoms with Crippen LogP contribution in [-0.2, 0) is 10.0 Å². The molecule has 1 heterocycles. The first kappa shape index (κ1) is 13.4. The molecule has 1 aromatic heterocycles. The van der Waals surface area contributed by atoms with Gasteiger partial charge in [-0.1, -0.05) is 18.5 Å². The van der Waals surface area contributed by atoms with Crippen LogP contribution in [0.3, 0.4) is 0 Å². The zero-order chi connectivity index (χ0) is 12.4. The summed E-state index contributed by atoms with van der Waals surface area (Å²) in [7, 11) is -3.52. The van der Waals surface area contributed by atoms with E-state index in [0.29, 0.717) is 6.42 Å². The molecule has 1 aromatic rings. The van der Waals surface area contributed by atoms with E-state index in [9.17, 15) is 8.42 Å². The molecule has 0 fully saturated rings. The monoisotopic (exact) mass is 262 g/mol. The second-order valence-electron chi connectivity index (χ2n) is 4.16. The molecule has 1 rings (SSSR count). The fraction of sp³-hybridized carbons (Fsp3) is 0.500. The van der Waals surface area contributed by atoms with Crippen LogP contribution in [0.1, 0.15) is 27.2 Å². The molecule has 90 valence electrons. The number of halogens is 1. The molecule has 6 heteroatoms. The average molecular weight is 263 g/mol. The molecule has 0 saturated carbocycles. The number of pyridine rings is 1. The molecule has 0 aliphatic rings. The maximum atomic E-state index is 11.9. The van der Waals surface area contributed by atoms with Crippen molar-refractivity contribution in [3.05, 3.63) is 23.5 Å². The molecular formula is C10H15ClN2O2S. The summed E-state index contributed by atoms with van der Waals surface area (Å²) in [4.78, 5) is 3.87. The summed E-state index contributed by atoms with van der Waals surface area (Å²) in [6, 6.07) is 2.89. The number of nitrogens with zero attached hydrogens (tertiary/aromatic N) is 1. The third kappa shape index (κ3) is 3.43. The molecule has 0 atom stereocenters. The normalized spacial score (nSPS) is 12.8. The van der Waals surface area contributed by atoms with E-state index in [1.54, 1.807) is 0 Å². The Kier molecular flexibility index (Phi) is 3.93. The predicted octanol–water partition coefficient (Wildman–Crippen LogP) is 2.20. The van der Waals surface area contributed by atoms with Crippen molar-refractivity contribution in [1.82, 2.24) is 9.71 Å². The molecule has 0 radical (unpaired) electrons. The van der Waals surface area contributed by atoms with E-state index in [4.69, 9.17) is 11.6 Å². The van der Waals surface area contributed by atoms with Crippen LogP contribution in [0.25, 0.3) is 0 Å². The number of aromatic nitrogens is 1. The summed E-state index contributed by atoms with van der Waals surface area (Å²) in [5.41, 5.74) is -0.474. The fourth-order valence-corrected chi connectivity index (χ4v) is 2.56. The second-order valence-corrected chi connectivity index (χ2v) is 6.23. The zero-order valence-corrected chi connectivity index (χ0v) is 11.1. The highest BCUT2D eigenvalue weighted by Gasteiger charge is 2.24. The molecule has 0 bridgehead atoms. The first-order valence-electron chi connectivity index (χ1n) is 4.92. The van der Waals surface area contributed by atoms with Crippen LogP contribution in [0.2, 0.25) is 5.15 Å². The summed E-state index contributed by atoms with van der Waals surface area (Å²) < 4.78 is 26.5. The van der Waals surface area contributed by atoms with Gasteiger partial charge in [-0.2, -0.15) is 0 Å². The molecule has 1 N–H and O–H groups in total. The molecule has 16 heavy (non-hydrogen) atoms. The van der Waals surface area contributed by atoms with Gasteiger partial charge in [0.2, 0.25) is 10.0 Å². The van der Waals surface area contributed by atoms with Gasteiger partial charge in [-0.25, -0.2) is 18.1 Å². The van der Waals surface area contributed by atoms with Crippen LogP contribution in [0, 0.1) is 0 Å². The van der Waals surface area contributed by atoms with Crippen LogP contribution in [-0.4, -0.2) is 18.9 Å². The van der Waals surface area contributed by atoms with Gasteiger partial charge >= 0.3 is 0 Å². The minimum absolute atomic E-state index is 0.124. The van der Waals surface area contributed by atoms with E-state index in [2.05, 4.69) is 9.71 Å². The Hall–Kier alpha value is -0.650. The Morgan fingerprint density at radius 2 is 2.06 bits per heavy atom. The van der Waals surface area contributed by atoms with Gasteiger partial charge in [0.1, 0.15) is 10.0 Å². The maximum absolute atomic E-state index is 11.9. The number of rotatable bonds is 4. The summed E-state index contributed by atoms with van der Waals surface area (Å²) >= 11 is 5.60. The average Bonchev–Trinajstić information content (AvgIpc) is 2.17. The highest BCUT2D eigenvalue weighted by molar-refractivity contribution is 7.89. The van der Waals surface area contributed by atoms with Crippen molar-refractivity contribution < 1.29 is 8.42 Å². The predicted molar refractivity (Wildman–Crippen MR) is 63.9 cm³/mol. The van der Waals surface area contributed by atoms with Gasteiger partial charge in [-0.15, -0.1) is 0 Å². The number of nitrogens with one attached hydrogen (secondary N) is 1. The van der Waals surface area contributed by atoms with Crippen molar-refractivity contribution in [3.63, 3.8) is 0 Å². The smallest absolute Gasteiger partial charge is 0.242 e. The molecule has 0 spiro atoms. The molecule has 0 saturated heterocycles. The lowest BCUT2D eigenvalue weighted by molar-refractivity contribution is 0.439. The molecular weight excluding hydrogens is 248 g/mol. The van der Waals surface area contributed by atoms with Gasteiger partial charge in [0.15, 0.2) is 0 Å². The highest BCUT2D eigenvalue weighted by Crippen LogP contribution is 2.15. The summed E-state index contributed by atoms with van der Waals surface area (Å²) in [5.74, 6) is 0. The molecule has 0 aliphatic carbocycles. The number of hydrogen-bond acceptors (Lipinski definition) is 3. The van der Waals surface area contributed by atoms with Crippen LogP contribution in [0.15, 0.2) is 23.2 Å². The van der Waals surface area contributed by atoms with Crippen molar-refractivity contribution in [2.45, 2.75) is 37.6 Å². The summed E-state index contributed by atoms with van der Waals surface area (Å²) in [6.07, 6.45) is 1.95. The summed E-state index contributed by atoms with van der Waals surface area (Å²) in [5, 5.41) is 0.272. The number of sulfonamides is 1. The molecule has 0 aromatic carbocycles. The van der Waals surface area contributed by atoms with Crippen molar-refractivity contribution in [2.75, 3.05) is 0 Å². The maximum Gasteiger partial charge on any atom is 0.242 e. The van der Waals surface area contributed by atoms with E-state index in [-0.39, 0.29) is 10.0 Å². The van der Waals surface area contributed by atoms with Gasteiger partial charge in [0, 0.05) is 11.7 Å². The van der Waals surface area contributed by atoms with Crippen molar-refractivity contribution in [3.8, 4) is 0 Å². The molecule has 0 amide bonds. The first-order chi connectivity index (χ1) is 7.27. The topological polar surface area (TPSA) is 59.1 Å². The second kappa shape index (κ2) is 4.69. The highest BCUT2D eigenvalue weighted by atomic mass is 35.5. The van der Waals surface area contributed by atoms with E-state index in [1.165, 1.54) is 18.3 Å². The summed E-state index contributed by atoms with van der Waals surface area (Å²) in [6.45, 7) is 5.57. The van der Waals surface area contributed by atoms with Crippen LogP contribution < -0.4 is 4.72 Å². The van der Waals surface area contributed by atoms with Crippen LogP contribution >= 0.6 is 11.6 Å². The third-order valence-electron chi connectivity index (χ3n) is 2.31. The van der Waals surface area contributed by atoms with E-state index in [1.807, 2.05) is 20.8 Å². The van der Waals surface area contributed by atoms with Crippen molar-refractivity contribution >= 4 is 21.6 Å². The van der Waals surface area contributed by atoms with Crippen LogP contribution in [0.5, 0.6) is 0 Å². The minimum Gasteiger partial charge on any atom is -0.243 e. The van der Waals surface area contributed by atoms with Gasteiger partial charge in [0.25, 0.3) is 0 Å². The Balaban J connectivity index is 2.99. The van der Waals surface area contributed by atoms with Gasteiger partial charge in [-0.05, 0) is 32.4 Å². The quantitative estimate of drug-likeness (QED) is 0.847. The van der Waals surface area contributed by atoms with Crippen LogP contribution in [0.4, 0.5) is 0 Å². The Morgan fingerprint density at radius 1 is 1.44 bits per heavy atom. The zero-order valence-electron chi connectivity index (χ0n) is 9.49. The number of hydrogen-bond donors (Lipinski definition) is 1. The SMILES string of the molecule is CCC(C)(C)NS(=O)(=O)c1ccc(Cl)nc1. The van der Waals surface area contributed by atoms with Gasteiger partial charge in [-0.3, -0.25) is 0 Å². The van der Waals surface area contributed by atoms with E-state index < -0.39 is 15.6 Å². The molecule has 0 aliphatic heterocycles. The first-order valence-corrected chi connectivity index (χ1v) is 6.78.